The second kappa shape index (κ2) is 6.53. The highest BCUT2D eigenvalue weighted by molar-refractivity contribution is 5.23. The number of hydrogen-bond acceptors (Lipinski definition) is 4. The molecule has 3 rings (SSSR count). The Kier molecular flexibility index (Phi) is 4.51. The molecular formula is C16H25N3O. The second-order valence-electron chi connectivity index (χ2n) is 6.14. The maximum absolute atomic E-state index is 5.43. The molecule has 0 spiro atoms. The summed E-state index contributed by atoms with van der Waals surface area (Å²) >= 11 is 0. The average Bonchev–Trinajstić information content (AvgIpc) is 3.32. The Morgan fingerprint density at radius 2 is 1.90 bits per heavy atom. The highest BCUT2D eigenvalue weighted by Crippen LogP contribution is 2.38. The Morgan fingerprint density at radius 1 is 1.10 bits per heavy atom. The number of rotatable bonds is 5. The zero-order valence-corrected chi connectivity index (χ0v) is 12.3. The third-order valence-corrected chi connectivity index (χ3v) is 4.64. The molecule has 1 N–H and O–H groups in total. The van der Waals surface area contributed by atoms with Crippen molar-refractivity contribution in [1.82, 2.24) is 15.3 Å². The van der Waals surface area contributed by atoms with E-state index in [4.69, 9.17) is 4.74 Å². The van der Waals surface area contributed by atoms with E-state index in [1.54, 1.807) is 19.5 Å². The lowest BCUT2D eigenvalue weighted by atomic mass is 9.85. The Labute approximate surface area is 121 Å². The summed E-state index contributed by atoms with van der Waals surface area (Å²) < 4.78 is 5.43. The van der Waals surface area contributed by atoms with Gasteiger partial charge in [-0.2, -0.15) is 0 Å². The van der Waals surface area contributed by atoms with E-state index in [0.717, 1.165) is 24.2 Å². The van der Waals surface area contributed by atoms with Crippen LogP contribution in [0.1, 0.15) is 56.6 Å². The average molecular weight is 275 g/mol. The fraction of sp³-hybridized carbons (Fsp3) is 0.750. The van der Waals surface area contributed by atoms with Crippen LogP contribution in [-0.4, -0.2) is 29.7 Å². The van der Waals surface area contributed by atoms with Crippen molar-refractivity contribution in [3.05, 3.63) is 18.1 Å². The maximum atomic E-state index is 5.43. The molecule has 2 saturated carbocycles. The molecule has 0 aromatic carbocycles. The fourth-order valence-electron chi connectivity index (χ4n) is 3.34. The first-order valence-electron chi connectivity index (χ1n) is 7.96. The standard InChI is InChI=1S/C16H25N3O/c1-20-16-15(17-9-10-18-16)14-6-4-2-3-5-12(14)11-19-13-7-8-13/h9-10,12-14,19H,2-8,11H2,1H3. The first-order chi connectivity index (χ1) is 9.88. The number of nitrogens with zero attached hydrogens (tertiary/aromatic N) is 2. The molecule has 0 aliphatic heterocycles. The minimum absolute atomic E-state index is 0.493. The largest absolute Gasteiger partial charge is 0.480 e. The zero-order chi connectivity index (χ0) is 13.8. The van der Waals surface area contributed by atoms with E-state index in [1.165, 1.54) is 44.9 Å². The van der Waals surface area contributed by atoms with Crippen LogP contribution in [-0.2, 0) is 0 Å². The molecule has 2 aliphatic rings. The van der Waals surface area contributed by atoms with Crippen LogP contribution in [0.25, 0.3) is 0 Å². The van der Waals surface area contributed by atoms with Gasteiger partial charge in [0.2, 0.25) is 5.88 Å². The Morgan fingerprint density at radius 3 is 2.70 bits per heavy atom. The van der Waals surface area contributed by atoms with Crippen molar-refractivity contribution < 1.29 is 4.74 Å². The molecular weight excluding hydrogens is 250 g/mol. The van der Waals surface area contributed by atoms with Crippen LogP contribution >= 0.6 is 0 Å². The van der Waals surface area contributed by atoms with Crippen molar-refractivity contribution in [1.29, 1.82) is 0 Å². The van der Waals surface area contributed by atoms with E-state index < -0.39 is 0 Å². The van der Waals surface area contributed by atoms with E-state index in [-0.39, 0.29) is 0 Å². The third-order valence-electron chi connectivity index (χ3n) is 4.64. The fourth-order valence-corrected chi connectivity index (χ4v) is 3.34. The van der Waals surface area contributed by atoms with Gasteiger partial charge in [0.25, 0.3) is 0 Å². The van der Waals surface area contributed by atoms with Crippen molar-refractivity contribution in [2.75, 3.05) is 13.7 Å². The Bertz CT molecular complexity index is 433. The van der Waals surface area contributed by atoms with Crippen LogP contribution in [0.2, 0.25) is 0 Å². The topological polar surface area (TPSA) is 47.0 Å². The molecule has 0 saturated heterocycles. The third kappa shape index (κ3) is 3.29. The smallest absolute Gasteiger partial charge is 0.235 e. The van der Waals surface area contributed by atoms with Gasteiger partial charge in [-0.05, 0) is 38.1 Å². The molecule has 2 aliphatic carbocycles. The van der Waals surface area contributed by atoms with Crippen LogP contribution < -0.4 is 10.1 Å². The molecule has 1 aromatic heterocycles. The summed E-state index contributed by atoms with van der Waals surface area (Å²) in [5.41, 5.74) is 1.07. The zero-order valence-electron chi connectivity index (χ0n) is 12.3. The molecule has 1 heterocycles. The summed E-state index contributed by atoms with van der Waals surface area (Å²) in [4.78, 5) is 8.93. The molecule has 1 aromatic rings. The lowest BCUT2D eigenvalue weighted by Crippen LogP contribution is -2.29. The molecule has 4 nitrogen and oxygen atoms in total. The molecule has 0 radical (unpaired) electrons. The minimum Gasteiger partial charge on any atom is -0.480 e. The molecule has 2 atom stereocenters. The van der Waals surface area contributed by atoms with Gasteiger partial charge in [0.05, 0.1) is 7.11 Å². The molecule has 0 amide bonds. The van der Waals surface area contributed by atoms with Gasteiger partial charge in [-0.25, -0.2) is 4.98 Å². The van der Waals surface area contributed by atoms with E-state index in [2.05, 4.69) is 15.3 Å². The van der Waals surface area contributed by atoms with Gasteiger partial charge in [-0.1, -0.05) is 19.3 Å². The Hall–Kier alpha value is -1.16. The predicted octanol–water partition coefficient (Wildman–Crippen LogP) is 2.90. The highest BCUT2D eigenvalue weighted by Gasteiger charge is 2.30. The monoisotopic (exact) mass is 275 g/mol. The van der Waals surface area contributed by atoms with Crippen LogP contribution in [0.4, 0.5) is 0 Å². The van der Waals surface area contributed by atoms with Crippen LogP contribution in [0.15, 0.2) is 12.4 Å². The SMILES string of the molecule is COc1nccnc1C1CCCCCC1CNC1CC1. The normalized spacial score (nSPS) is 27.1. The van der Waals surface area contributed by atoms with E-state index >= 15 is 0 Å². The lowest BCUT2D eigenvalue weighted by molar-refractivity contribution is 0.339. The number of methoxy groups -OCH3 is 1. The second-order valence-corrected chi connectivity index (χ2v) is 6.14. The van der Waals surface area contributed by atoms with Gasteiger partial charge >= 0.3 is 0 Å². The van der Waals surface area contributed by atoms with Gasteiger partial charge in [-0.3, -0.25) is 4.98 Å². The van der Waals surface area contributed by atoms with Crippen molar-refractivity contribution in [2.45, 2.75) is 56.9 Å². The molecule has 4 heteroatoms. The molecule has 0 bridgehead atoms. The van der Waals surface area contributed by atoms with Gasteiger partial charge in [0.15, 0.2) is 0 Å². The summed E-state index contributed by atoms with van der Waals surface area (Å²) in [6, 6.07) is 0.780. The van der Waals surface area contributed by atoms with Gasteiger partial charge in [-0.15, -0.1) is 0 Å². The number of aromatic nitrogens is 2. The number of hydrogen-bond donors (Lipinski definition) is 1. The summed E-state index contributed by atoms with van der Waals surface area (Å²) in [5.74, 6) is 1.88. The minimum atomic E-state index is 0.493. The van der Waals surface area contributed by atoms with Crippen LogP contribution in [0.3, 0.4) is 0 Å². The first kappa shape index (κ1) is 13.8. The van der Waals surface area contributed by atoms with Gasteiger partial charge in [0.1, 0.15) is 5.69 Å². The van der Waals surface area contributed by atoms with Crippen LogP contribution in [0.5, 0.6) is 5.88 Å². The summed E-state index contributed by atoms with van der Waals surface area (Å²) in [5, 5.41) is 3.70. The summed E-state index contributed by atoms with van der Waals surface area (Å²) in [7, 11) is 1.70. The van der Waals surface area contributed by atoms with E-state index in [1.807, 2.05) is 0 Å². The highest BCUT2D eigenvalue weighted by atomic mass is 16.5. The Balaban J connectivity index is 1.77. The van der Waals surface area contributed by atoms with E-state index in [9.17, 15) is 0 Å². The molecule has 2 fully saturated rings. The van der Waals surface area contributed by atoms with Crippen molar-refractivity contribution in [3.63, 3.8) is 0 Å². The number of ether oxygens (including phenoxy) is 1. The molecule has 20 heavy (non-hydrogen) atoms. The quantitative estimate of drug-likeness (QED) is 0.839. The van der Waals surface area contributed by atoms with Crippen molar-refractivity contribution >= 4 is 0 Å². The van der Waals surface area contributed by atoms with Crippen molar-refractivity contribution in [3.8, 4) is 5.88 Å². The summed E-state index contributed by atoms with van der Waals surface area (Å²) in [6.07, 6.45) is 12.7. The summed E-state index contributed by atoms with van der Waals surface area (Å²) in [6.45, 7) is 1.12. The maximum Gasteiger partial charge on any atom is 0.235 e. The molecule has 2 unspecified atom stereocenters. The number of nitrogens with one attached hydrogen (secondary N) is 1. The molecule has 110 valence electrons. The van der Waals surface area contributed by atoms with Crippen molar-refractivity contribution in [2.24, 2.45) is 5.92 Å². The van der Waals surface area contributed by atoms with Crippen LogP contribution in [0, 0.1) is 5.92 Å². The van der Waals surface area contributed by atoms with E-state index in [0.29, 0.717) is 11.8 Å². The first-order valence-corrected chi connectivity index (χ1v) is 7.96. The predicted molar refractivity (Wildman–Crippen MR) is 78.9 cm³/mol. The van der Waals surface area contributed by atoms with Gasteiger partial charge < -0.3 is 10.1 Å². The lowest BCUT2D eigenvalue weighted by Gasteiger charge is -2.25. The van der Waals surface area contributed by atoms with Gasteiger partial charge in [0, 0.05) is 24.4 Å².